The van der Waals surface area contributed by atoms with Gasteiger partial charge < -0.3 is 10.1 Å². The van der Waals surface area contributed by atoms with Crippen molar-refractivity contribution in [2.24, 2.45) is 0 Å². The van der Waals surface area contributed by atoms with Crippen molar-refractivity contribution in [3.63, 3.8) is 0 Å². The molecule has 0 radical (unpaired) electrons. The maximum absolute atomic E-state index is 14.1. The van der Waals surface area contributed by atoms with Gasteiger partial charge in [0.05, 0.1) is 13.2 Å². The molecule has 1 N–H and O–H groups in total. The third-order valence-electron chi connectivity index (χ3n) is 3.27. The predicted octanol–water partition coefficient (Wildman–Crippen LogP) is 4.10. The van der Waals surface area contributed by atoms with Gasteiger partial charge in [-0.1, -0.05) is 29.8 Å². The second-order valence-corrected chi connectivity index (χ2v) is 5.04. The first-order chi connectivity index (χ1) is 9.56. The van der Waals surface area contributed by atoms with Crippen LogP contribution in [0.25, 0.3) is 0 Å². The van der Waals surface area contributed by atoms with Crippen molar-refractivity contribution in [1.29, 1.82) is 0 Å². The average molecular weight is 294 g/mol. The number of hydrogen-bond donors (Lipinski definition) is 1. The number of aryl methyl sites for hydroxylation is 1. The van der Waals surface area contributed by atoms with Gasteiger partial charge in [0.25, 0.3) is 0 Å². The minimum Gasteiger partial charge on any atom is -0.497 e. The monoisotopic (exact) mass is 293 g/mol. The van der Waals surface area contributed by atoms with E-state index in [-0.39, 0.29) is 11.9 Å². The lowest BCUT2D eigenvalue weighted by molar-refractivity contribution is 0.414. The molecule has 0 amide bonds. The lowest BCUT2D eigenvalue weighted by Gasteiger charge is -2.20. The van der Waals surface area contributed by atoms with Gasteiger partial charge in [0.15, 0.2) is 0 Å². The lowest BCUT2D eigenvalue weighted by atomic mass is 9.97. The molecular weight excluding hydrogens is 277 g/mol. The van der Waals surface area contributed by atoms with Gasteiger partial charge in [-0.15, -0.1) is 0 Å². The summed E-state index contributed by atoms with van der Waals surface area (Å²) in [7, 11) is 3.37. The molecule has 106 valence electrons. The minimum atomic E-state index is -0.297. The van der Waals surface area contributed by atoms with Crippen LogP contribution in [0.4, 0.5) is 4.39 Å². The van der Waals surface area contributed by atoms with Crippen molar-refractivity contribution >= 4 is 11.6 Å². The molecule has 2 aromatic carbocycles. The second kappa shape index (κ2) is 6.25. The van der Waals surface area contributed by atoms with Crippen molar-refractivity contribution in [3.05, 3.63) is 63.9 Å². The minimum absolute atomic E-state index is 0.240. The molecule has 1 unspecified atom stereocenters. The standard InChI is InChI=1S/C16H17ClFNO/c1-10-4-6-13(15(18)8-10)16(19-2)12-7-5-11(20-3)9-14(12)17/h4-9,16,19H,1-3H3. The first-order valence-corrected chi connectivity index (χ1v) is 6.71. The molecule has 0 fully saturated rings. The third kappa shape index (κ3) is 2.94. The highest BCUT2D eigenvalue weighted by molar-refractivity contribution is 6.31. The normalized spacial score (nSPS) is 12.2. The van der Waals surface area contributed by atoms with Crippen molar-refractivity contribution in [1.82, 2.24) is 5.32 Å². The SMILES string of the molecule is CNC(c1ccc(C)cc1F)c1ccc(OC)cc1Cl. The van der Waals surface area contributed by atoms with E-state index in [0.717, 1.165) is 11.1 Å². The van der Waals surface area contributed by atoms with Gasteiger partial charge in [0, 0.05) is 10.6 Å². The molecule has 0 spiro atoms. The van der Waals surface area contributed by atoms with E-state index >= 15 is 0 Å². The Morgan fingerprint density at radius 3 is 2.40 bits per heavy atom. The fourth-order valence-electron chi connectivity index (χ4n) is 2.21. The number of benzene rings is 2. The van der Waals surface area contributed by atoms with E-state index in [4.69, 9.17) is 16.3 Å². The predicted molar refractivity (Wildman–Crippen MR) is 80.0 cm³/mol. The largest absolute Gasteiger partial charge is 0.497 e. The van der Waals surface area contributed by atoms with Gasteiger partial charge in [0.2, 0.25) is 0 Å². The Morgan fingerprint density at radius 2 is 1.85 bits per heavy atom. The summed E-state index contributed by atoms with van der Waals surface area (Å²) in [5, 5.41) is 3.65. The Hall–Kier alpha value is -1.58. The highest BCUT2D eigenvalue weighted by Crippen LogP contribution is 2.32. The van der Waals surface area contributed by atoms with Gasteiger partial charge in [-0.2, -0.15) is 0 Å². The van der Waals surface area contributed by atoms with Crippen LogP contribution >= 0.6 is 11.6 Å². The van der Waals surface area contributed by atoms with Crippen LogP contribution in [0.1, 0.15) is 22.7 Å². The summed E-state index contributed by atoms with van der Waals surface area (Å²) in [6, 6.07) is 10.3. The van der Waals surface area contributed by atoms with E-state index in [1.165, 1.54) is 6.07 Å². The van der Waals surface area contributed by atoms with Gasteiger partial charge in [-0.05, 0) is 43.3 Å². The fourth-order valence-corrected chi connectivity index (χ4v) is 2.49. The summed E-state index contributed by atoms with van der Waals surface area (Å²) in [5.74, 6) is 0.439. The molecule has 0 aromatic heterocycles. The van der Waals surface area contributed by atoms with Crippen LogP contribution in [0.3, 0.4) is 0 Å². The van der Waals surface area contributed by atoms with Crippen LogP contribution in [0.2, 0.25) is 5.02 Å². The molecule has 0 aliphatic carbocycles. The van der Waals surface area contributed by atoms with Crippen LogP contribution in [0.5, 0.6) is 5.75 Å². The maximum atomic E-state index is 14.1. The average Bonchev–Trinajstić information content (AvgIpc) is 2.43. The molecule has 0 bridgehead atoms. The molecule has 0 aliphatic heterocycles. The maximum Gasteiger partial charge on any atom is 0.128 e. The zero-order valence-corrected chi connectivity index (χ0v) is 12.5. The molecule has 2 rings (SSSR count). The van der Waals surface area contributed by atoms with Crippen molar-refractivity contribution in [2.45, 2.75) is 13.0 Å². The van der Waals surface area contributed by atoms with Crippen molar-refractivity contribution < 1.29 is 9.13 Å². The molecule has 0 heterocycles. The van der Waals surface area contributed by atoms with Gasteiger partial charge in [-0.3, -0.25) is 0 Å². The number of hydrogen-bond acceptors (Lipinski definition) is 2. The molecular formula is C16H17ClFNO. The van der Waals surface area contributed by atoms with Crippen molar-refractivity contribution in [2.75, 3.05) is 14.2 Å². The molecule has 2 nitrogen and oxygen atoms in total. The molecule has 2 aromatic rings. The number of methoxy groups -OCH3 is 1. The molecule has 0 saturated heterocycles. The Morgan fingerprint density at radius 1 is 1.15 bits per heavy atom. The summed E-state index contributed by atoms with van der Waals surface area (Å²) in [5.41, 5.74) is 2.28. The second-order valence-electron chi connectivity index (χ2n) is 4.63. The number of nitrogens with one attached hydrogen (secondary N) is 1. The van der Waals surface area contributed by atoms with Gasteiger partial charge in [0.1, 0.15) is 11.6 Å². The highest BCUT2D eigenvalue weighted by Gasteiger charge is 2.19. The summed E-state index contributed by atoms with van der Waals surface area (Å²) in [6.45, 7) is 1.86. The van der Waals surface area contributed by atoms with E-state index in [0.29, 0.717) is 16.3 Å². The summed E-state index contributed by atoms with van der Waals surface area (Å²) in [4.78, 5) is 0. The zero-order valence-electron chi connectivity index (χ0n) is 11.7. The number of ether oxygens (including phenoxy) is 1. The zero-order chi connectivity index (χ0) is 14.7. The van der Waals surface area contributed by atoms with Crippen LogP contribution in [0.15, 0.2) is 36.4 Å². The first-order valence-electron chi connectivity index (χ1n) is 6.33. The summed E-state index contributed by atoms with van der Waals surface area (Å²) in [6.07, 6.45) is 0. The number of halogens is 2. The molecule has 1 atom stereocenters. The highest BCUT2D eigenvalue weighted by atomic mass is 35.5. The summed E-state index contributed by atoms with van der Waals surface area (Å²) >= 11 is 6.27. The van der Waals surface area contributed by atoms with E-state index in [1.807, 2.05) is 25.1 Å². The van der Waals surface area contributed by atoms with Crippen LogP contribution < -0.4 is 10.1 Å². The quantitative estimate of drug-likeness (QED) is 0.916. The van der Waals surface area contributed by atoms with Crippen LogP contribution in [-0.4, -0.2) is 14.2 Å². The Balaban J connectivity index is 2.47. The Bertz CT molecular complexity index is 615. The van der Waals surface area contributed by atoms with Crippen LogP contribution in [0, 0.1) is 12.7 Å². The molecule has 20 heavy (non-hydrogen) atoms. The van der Waals surface area contributed by atoms with Crippen molar-refractivity contribution in [3.8, 4) is 5.75 Å². The Kier molecular flexibility index (Phi) is 4.63. The lowest BCUT2D eigenvalue weighted by Crippen LogP contribution is -2.19. The first kappa shape index (κ1) is 14.8. The molecule has 0 aliphatic rings. The molecule has 4 heteroatoms. The van der Waals surface area contributed by atoms with Gasteiger partial charge in [-0.25, -0.2) is 4.39 Å². The topological polar surface area (TPSA) is 21.3 Å². The Labute approximate surface area is 123 Å². The van der Waals surface area contributed by atoms with E-state index in [2.05, 4.69) is 5.32 Å². The van der Waals surface area contributed by atoms with Crippen LogP contribution in [-0.2, 0) is 0 Å². The number of rotatable bonds is 4. The molecule has 0 saturated carbocycles. The van der Waals surface area contributed by atoms with E-state index in [1.54, 1.807) is 26.3 Å². The smallest absolute Gasteiger partial charge is 0.128 e. The fraction of sp³-hybridized carbons (Fsp3) is 0.250. The van der Waals surface area contributed by atoms with Gasteiger partial charge >= 0.3 is 0 Å². The van der Waals surface area contributed by atoms with E-state index in [9.17, 15) is 4.39 Å². The van der Waals surface area contributed by atoms with E-state index < -0.39 is 0 Å². The summed E-state index contributed by atoms with van der Waals surface area (Å²) < 4.78 is 19.3. The third-order valence-corrected chi connectivity index (χ3v) is 3.60.